The highest BCUT2D eigenvalue weighted by Crippen LogP contribution is 2.09. The highest BCUT2D eigenvalue weighted by molar-refractivity contribution is 5.82. The van der Waals surface area contributed by atoms with Gasteiger partial charge >= 0.3 is 0 Å². The normalized spacial score (nSPS) is 10.8. The van der Waals surface area contributed by atoms with Crippen LogP contribution in [0.4, 0.5) is 4.39 Å². The molecule has 0 saturated heterocycles. The standard InChI is InChI=1S/C17H18FNO/c1-19(12-15-9-5-6-10-17(15)18)13-16(20)11-14-7-3-2-4-8-14/h2-10H,11-13H2,1H3. The Balaban J connectivity index is 1.87. The van der Waals surface area contributed by atoms with Gasteiger partial charge in [0.15, 0.2) is 5.78 Å². The van der Waals surface area contributed by atoms with Crippen LogP contribution in [0.1, 0.15) is 11.1 Å². The average molecular weight is 271 g/mol. The van der Waals surface area contributed by atoms with Crippen LogP contribution in [0.3, 0.4) is 0 Å². The first-order valence-electron chi connectivity index (χ1n) is 6.63. The molecule has 104 valence electrons. The summed E-state index contributed by atoms with van der Waals surface area (Å²) in [6.45, 7) is 0.760. The van der Waals surface area contributed by atoms with E-state index in [-0.39, 0.29) is 11.6 Å². The number of hydrogen-bond donors (Lipinski definition) is 0. The molecule has 0 aliphatic rings. The van der Waals surface area contributed by atoms with Gasteiger partial charge in [-0.1, -0.05) is 48.5 Å². The number of likely N-dealkylation sites (N-methyl/N-ethyl adjacent to an activating group) is 1. The van der Waals surface area contributed by atoms with Gasteiger partial charge in [0.05, 0.1) is 6.54 Å². The van der Waals surface area contributed by atoms with Crippen molar-refractivity contribution >= 4 is 5.78 Å². The van der Waals surface area contributed by atoms with E-state index >= 15 is 0 Å². The van der Waals surface area contributed by atoms with Crippen molar-refractivity contribution in [3.8, 4) is 0 Å². The summed E-state index contributed by atoms with van der Waals surface area (Å²) in [5, 5.41) is 0. The minimum atomic E-state index is -0.227. The number of Topliss-reactive ketones (excluding diaryl/α,β-unsaturated/α-hetero) is 1. The van der Waals surface area contributed by atoms with Gasteiger partial charge in [0, 0.05) is 18.5 Å². The van der Waals surface area contributed by atoms with Crippen molar-refractivity contribution in [2.45, 2.75) is 13.0 Å². The van der Waals surface area contributed by atoms with E-state index in [1.54, 1.807) is 18.2 Å². The molecular weight excluding hydrogens is 253 g/mol. The number of carbonyl (C=O) groups is 1. The summed E-state index contributed by atoms with van der Waals surface area (Å²) in [6.07, 6.45) is 0.419. The van der Waals surface area contributed by atoms with Crippen LogP contribution in [-0.4, -0.2) is 24.3 Å². The first-order chi connectivity index (χ1) is 9.65. The van der Waals surface area contributed by atoms with E-state index in [1.165, 1.54) is 6.07 Å². The highest BCUT2D eigenvalue weighted by Gasteiger charge is 2.10. The Labute approximate surface area is 118 Å². The molecule has 0 spiro atoms. The summed E-state index contributed by atoms with van der Waals surface area (Å²) in [5.74, 6) is -0.0927. The van der Waals surface area contributed by atoms with Gasteiger partial charge in [-0.05, 0) is 18.7 Å². The van der Waals surface area contributed by atoms with Gasteiger partial charge < -0.3 is 0 Å². The van der Waals surface area contributed by atoms with Crippen LogP contribution >= 0.6 is 0 Å². The fraction of sp³-hybridized carbons (Fsp3) is 0.235. The predicted octanol–water partition coefficient (Wildman–Crippen LogP) is 3.07. The number of ketones is 1. The lowest BCUT2D eigenvalue weighted by atomic mass is 10.1. The van der Waals surface area contributed by atoms with Gasteiger partial charge in [-0.15, -0.1) is 0 Å². The molecule has 0 aliphatic heterocycles. The van der Waals surface area contributed by atoms with E-state index in [4.69, 9.17) is 0 Å². The van der Waals surface area contributed by atoms with Crippen molar-refractivity contribution in [1.82, 2.24) is 4.90 Å². The van der Waals surface area contributed by atoms with E-state index in [2.05, 4.69) is 0 Å². The molecule has 0 heterocycles. The minimum absolute atomic E-state index is 0.134. The minimum Gasteiger partial charge on any atom is -0.298 e. The summed E-state index contributed by atoms with van der Waals surface area (Å²) in [5.41, 5.74) is 1.62. The second-order valence-corrected chi connectivity index (χ2v) is 4.96. The first kappa shape index (κ1) is 14.4. The zero-order valence-corrected chi connectivity index (χ0v) is 11.6. The zero-order valence-electron chi connectivity index (χ0n) is 11.6. The van der Waals surface area contributed by atoms with E-state index in [0.29, 0.717) is 25.1 Å². The van der Waals surface area contributed by atoms with Crippen molar-refractivity contribution < 1.29 is 9.18 Å². The number of nitrogens with zero attached hydrogens (tertiary/aromatic N) is 1. The van der Waals surface area contributed by atoms with E-state index < -0.39 is 0 Å². The second-order valence-electron chi connectivity index (χ2n) is 4.96. The van der Waals surface area contributed by atoms with E-state index in [9.17, 15) is 9.18 Å². The smallest absolute Gasteiger partial charge is 0.151 e. The summed E-state index contributed by atoms with van der Waals surface area (Å²) in [7, 11) is 1.83. The quantitative estimate of drug-likeness (QED) is 0.804. The van der Waals surface area contributed by atoms with E-state index in [0.717, 1.165) is 5.56 Å². The van der Waals surface area contributed by atoms with Crippen molar-refractivity contribution in [2.75, 3.05) is 13.6 Å². The van der Waals surface area contributed by atoms with Crippen LogP contribution in [0.15, 0.2) is 54.6 Å². The zero-order chi connectivity index (χ0) is 14.4. The molecule has 0 unspecified atom stereocenters. The lowest BCUT2D eigenvalue weighted by Crippen LogP contribution is -2.27. The fourth-order valence-electron chi connectivity index (χ4n) is 2.15. The molecule has 2 aromatic carbocycles. The molecule has 0 saturated carbocycles. The molecule has 3 heteroatoms. The van der Waals surface area contributed by atoms with Gasteiger partial charge in [0.2, 0.25) is 0 Å². The summed E-state index contributed by atoms with van der Waals surface area (Å²) in [6, 6.07) is 16.3. The summed E-state index contributed by atoms with van der Waals surface area (Å²) >= 11 is 0. The van der Waals surface area contributed by atoms with Gasteiger partial charge in [0.25, 0.3) is 0 Å². The Kier molecular flexibility index (Phi) is 5.02. The first-order valence-corrected chi connectivity index (χ1v) is 6.63. The van der Waals surface area contributed by atoms with Crippen LogP contribution < -0.4 is 0 Å². The lowest BCUT2D eigenvalue weighted by molar-refractivity contribution is -0.119. The van der Waals surface area contributed by atoms with Crippen LogP contribution in [0.25, 0.3) is 0 Å². The van der Waals surface area contributed by atoms with Gasteiger partial charge in [0.1, 0.15) is 5.82 Å². The molecule has 0 aliphatic carbocycles. The molecule has 0 N–H and O–H groups in total. The molecule has 2 aromatic rings. The number of halogens is 1. The molecule has 0 aromatic heterocycles. The Morgan fingerprint density at radius 3 is 2.40 bits per heavy atom. The van der Waals surface area contributed by atoms with Gasteiger partial charge in [-0.3, -0.25) is 9.69 Å². The van der Waals surface area contributed by atoms with Gasteiger partial charge in [-0.2, -0.15) is 0 Å². The number of carbonyl (C=O) groups excluding carboxylic acids is 1. The maximum absolute atomic E-state index is 13.5. The van der Waals surface area contributed by atoms with Crippen LogP contribution in [0.5, 0.6) is 0 Å². The molecule has 0 radical (unpaired) electrons. The molecule has 0 atom stereocenters. The van der Waals surface area contributed by atoms with Crippen LogP contribution in [0.2, 0.25) is 0 Å². The highest BCUT2D eigenvalue weighted by atomic mass is 19.1. The van der Waals surface area contributed by atoms with Crippen LogP contribution in [0, 0.1) is 5.82 Å². The van der Waals surface area contributed by atoms with Gasteiger partial charge in [-0.25, -0.2) is 4.39 Å². The molecule has 0 bridgehead atoms. The maximum atomic E-state index is 13.5. The van der Waals surface area contributed by atoms with Crippen molar-refractivity contribution in [1.29, 1.82) is 0 Å². The largest absolute Gasteiger partial charge is 0.298 e. The lowest BCUT2D eigenvalue weighted by Gasteiger charge is -2.16. The Hall–Kier alpha value is -2.00. The molecular formula is C17H18FNO. The third-order valence-electron chi connectivity index (χ3n) is 3.09. The molecule has 2 nitrogen and oxygen atoms in total. The van der Waals surface area contributed by atoms with Crippen LogP contribution in [-0.2, 0) is 17.8 Å². The van der Waals surface area contributed by atoms with E-state index in [1.807, 2.05) is 42.3 Å². The third kappa shape index (κ3) is 4.28. The Morgan fingerprint density at radius 1 is 1.05 bits per heavy atom. The second kappa shape index (κ2) is 6.96. The monoisotopic (exact) mass is 271 g/mol. The molecule has 20 heavy (non-hydrogen) atoms. The predicted molar refractivity (Wildman–Crippen MR) is 77.9 cm³/mol. The third-order valence-corrected chi connectivity index (χ3v) is 3.09. The molecule has 0 amide bonds. The number of benzene rings is 2. The molecule has 0 fully saturated rings. The molecule has 2 rings (SSSR count). The average Bonchev–Trinajstić information content (AvgIpc) is 2.42. The summed E-state index contributed by atoms with van der Waals surface area (Å²) in [4.78, 5) is 13.8. The fourth-order valence-corrected chi connectivity index (χ4v) is 2.15. The van der Waals surface area contributed by atoms with Crippen molar-refractivity contribution in [2.24, 2.45) is 0 Å². The van der Waals surface area contributed by atoms with Crippen molar-refractivity contribution in [3.05, 3.63) is 71.5 Å². The topological polar surface area (TPSA) is 20.3 Å². The Morgan fingerprint density at radius 2 is 1.70 bits per heavy atom. The summed E-state index contributed by atoms with van der Waals surface area (Å²) < 4.78 is 13.5. The number of rotatable bonds is 6. The SMILES string of the molecule is CN(CC(=O)Cc1ccccc1)Cc1ccccc1F. The van der Waals surface area contributed by atoms with Crippen molar-refractivity contribution in [3.63, 3.8) is 0 Å². The maximum Gasteiger partial charge on any atom is 0.151 e. The number of hydrogen-bond acceptors (Lipinski definition) is 2. The Bertz CT molecular complexity index is 568.